The van der Waals surface area contributed by atoms with E-state index in [1.807, 2.05) is 0 Å². The minimum absolute atomic E-state index is 0.130. The third-order valence-electron chi connectivity index (χ3n) is 4.93. The summed E-state index contributed by atoms with van der Waals surface area (Å²) in [6.07, 6.45) is 13.3. The zero-order valence-electron chi connectivity index (χ0n) is 15.2. The van der Waals surface area contributed by atoms with Crippen LogP contribution < -0.4 is 0 Å². The number of aliphatic carboxylic acids is 1. The molecule has 0 unspecified atom stereocenters. The predicted molar refractivity (Wildman–Crippen MR) is 94.8 cm³/mol. The minimum Gasteiger partial charge on any atom is -0.480 e. The van der Waals surface area contributed by atoms with Gasteiger partial charge < -0.3 is 15.1 Å². The van der Waals surface area contributed by atoms with Crippen LogP contribution in [0, 0.1) is 0 Å². The van der Waals surface area contributed by atoms with E-state index < -0.39 is 18.1 Å². The highest BCUT2D eigenvalue weighted by molar-refractivity contribution is 5.84. The molecule has 1 amide bonds. The van der Waals surface area contributed by atoms with E-state index >= 15 is 0 Å². The van der Waals surface area contributed by atoms with Gasteiger partial charge in [-0.15, -0.1) is 0 Å². The molecular weight excluding hydrogens is 306 g/mol. The average Bonchev–Trinajstić information content (AvgIpc) is 2.94. The van der Waals surface area contributed by atoms with Gasteiger partial charge >= 0.3 is 5.97 Å². The van der Waals surface area contributed by atoms with Crippen molar-refractivity contribution in [1.29, 1.82) is 0 Å². The van der Waals surface area contributed by atoms with E-state index in [4.69, 9.17) is 5.11 Å². The molecule has 1 aliphatic rings. The summed E-state index contributed by atoms with van der Waals surface area (Å²) < 4.78 is 0. The maximum atomic E-state index is 12.1. The van der Waals surface area contributed by atoms with Crippen LogP contribution in [0.3, 0.4) is 0 Å². The standard InChI is InChI=1S/C19H35NO4/c1-2-3-4-5-6-7-8-9-10-11-12-13-17(22)20-15-14-16(21)18(20)19(23)24/h16,18,21H,2-15H2,1H3,(H,23,24)/t16-,18-/m0/s1. The summed E-state index contributed by atoms with van der Waals surface area (Å²) in [7, 11) is 0. The van der Waals surface area contributed by atoms with E-state index in [1.54, 1.807) is 0 Å². The summed E-state index contributed by atoms with van der Waals surface area (Å²) >= 11 is 0. The highest BCUT2D eigenvalue weighted by Crippen LogP contribution is 2.20. The van der Waals surface area contributed by atoms with Crippen molar-refractivity contribution in [3.63, 3.8) is 0 Å². The summed E-state index contributed by atoms with van der Waals surface area (Å²) in [6.45, 7) is 2.59. The summed E-state index contributed by atoms with van der Waals surface area (Å²) in [5.74, 6) is -1.23. The molecule has 1 fully saturated rings. The first-order chi connectivity index (χ1) is 11.6. The third-order valence-corrected chi connectivity index (χ3v) is 4.93. The van der Waals surface area contributed by atoms with Crippen molar-refractivity contribution in [2.75, 3.05) is 6.54 Å². The average molecular weight is 341 g/mol. The SMILES string of the molecule is CCCCCCCCCCCCCC(=O)N1CC[C@H](O)[C@H]1C(=O)O. The van der Waals surface area contributed by atoms with Gasteiger partial charge in [0.15, 0.2) is 6.04 Å². The fraction of sp³-hybridized carbons (Fsp3) is 0.895. The molecule has 0 saturated carbocycles. The second kappa shape index (κ2) is 12.3. The molecule has 0 bridgehead atoms. The Morgan fingerprint density at radius 1 is 0.917 bits per heavy atom. The highest BCUT2D eigenvalue weighted by Gasteiger charge is 2.40. The van der Waals surface area contributed by atoms with Gasteiger partial charge in [0.1, 0.15) is 0 Å². The molecule has 24 heavy (non-hydrogen) atoms. The molecule has 1 rings (SSSR count). The molecule has 0 aromatic heterocycles. The second-order valence-electron chi connectivity index (χ2n) is 7.01. The number of rotatable bonds is 13. The van der Waals surface area contributed by atoms with Crippen LogP contribution in [0.1, 0.15) is 90.4 Å². The first kappa shape index (κ1) is 20.9. The van der Waals surface area contributed by atoms with Crippen molar-refractivity contribution in [1.82, 2.24) is 4.90 Å². The van der Waals surface area contributed by atoms with Crippen LogP contribution in [0.15, 0.2) is 0 Å². The number of hydrogen-bond donors (Lipinski definition) is 2. The number of unbranched alkanes of at least 4 members (excludes halogenated alkanes) is 10. The molecule has 0 radical (unpaired) electrons. The van der Waals surface area contributed by atoms with Crippen LogP contribution in [0.4, 0.5) is 0 Å². The van der Waals surface area contributed by atoms with Crippen LogP contribution in [0.5, 0.6) is 0 Å². The van der Waals surface area contributed by atoms with Crippen LogP contribution in [0.25, 0.3) is 0 Å². The number of carboxylic acids is 1. The van der Waals surface area contributed by atoms with E-state index in [-0.39, 0.29) is 5.91 Å². The maximum absolute atomic E-state index is 12.1. The first-order valence-electron chi connectivity index (χ1n) is 9.78. The number of aliphatic hydroxyl groups is 1. The Morgan fingerprint density at radius 3 is 1.92 bits per heavy atom. The van der Waals surface area contributed by atoms with Crippen molar-refractivity contribution in [2.24, 2.45) is 0 Å². The number of hydrogen-bond acceptors (Lipinski definition) is 3. The predicted octanol–water partition coefficient (Wildman–Crippen LogP) is 3.73. The van der Waals surface area contributed by atoms with Crippen LogP contribution in [-0.4, -0.2) is 45.7 Å². The van der Waals surface area contributed by atoms with Crippen molar-refractivity contribution < 1.29 is 19.8 Å². The molecule has 2 atom stereocenters. The number of aliphatic hydroxyl groups excluding tert-OH is 1. The summed E-state index contributed by atoms with van der Waals surface area (Å²) in [4.78, 5) is 24.6. The second-order valence-corrected chi connectivity index (χ2v) is 7.01. The lowest BCUT2D eigenvalue weighted by Crippen LogP contribution is -2.44. The Hall–Kier alpha value is -1.10. The fourth-order valence-electron chi connectivity index (χ4n) is 3.44. The van der Waals surface area contributed by atoms with Crippen molar-refractivity contribution >= 4 is 11.9 Å². The molecular formula is C19H35NO4. The summed E-state index contributed by atoms with van der Waals surface area (Å²) in [5.41, 5.74) is 0. The number of likely N-dealkylation sites (tertiary alicyclic amines) is 1. The summed E-state index contributed by atoms with van der Waals surface area (Å²) in [6, 6.07) is -1.05. The Labute approximate surface area is 146 Å². The molecule has 140 valence electrons. The van der Waals surface area contributed by atoms with Crippen LogP contribution >= 0.6 is 0 Å². The van der Waals surface area contributed by atoms with E-state index in [0.717, 1.165) is 19.3 Å². The minimum atomic E-state index is -1.10. The normalized spacial score (nSPS) is 20.5. The van der Waals surface area contributed by atoms with E-state index in [9.17, 15) is 14.7 Å². The van der Waals surface area contributed by atoms with Crippen LogP contribution in [-0.2, 0) is 9.59 Å². The Kier molecular flexibility index (Phi) is 10.7. The third kappa shape index (κ3) is 7.65. The number of amides is 1. The molecule has 5 nitrogen and oxygen atoms in total. The van der Waals surface area contributed by atoms with Gasteiger partial charge in [-0.2, -0.15) is 0 Å². The fourth-order valence-corrected chi connectivity index (χ4v) is 3.44. The number of carbonyl (C=O) groups excluding carboxylic acids is 1. The number of carboxylic acid groups (broad SMARTS) is 1. The molecule has 0 aromatic carbocycles. The van der Waals surface area contributed by atoms with Gasteiger partial charge in [0, 0.05) is 13.0 Å². The van der Waals surface area contributed by atoms with Crippen molar-refractivity contribution in [2.45, 2.75) is 103 Å². The molecule has 1 heterocycles. The zero-order chi connectivity index (χ0) is 17.8. The zero-order valence-corrected chi connectivity index (χ0v) is 15.2. The molecule has 5 heteroatoms. The van der Waals surface area contributed by atoms with Gasteiger partial charge in [0.2, 0.25) is 5.91 Å². The topological polar surface area (TPSA) is 77.8 Å². The largest absolute Gasteiger partial charge is 0.480 e. The Morgan fingerprint density at radius 2 is 1.42 bits per heavy atom. The number of nitrogens with zero attached hydrogens (tertiary/aromatic N) is 1. The highest BCUT2D eigenvalue weighted by atomic mass is 16.4. The molecule has 0 aliphatic carbocycles. The van der Waals surface area contributed by atoms with Crippen molar-refractivity contribution in [3.05, 3.63) is 0 Å². The molecule has 1 aliphatic heterocycles. The van der Waals surface area contributed by atoms with Gasteiger partial charge in [0.05, 0.1) is 6.10 Å². The summed E-state index contributed by atoms with van der Waals surface area (Å²) in [5, 5.41) is 18.8. The van der Waals surface area contributed by atoms with Crippen LogP contribution in [0.2, 0.25) is 0 Å². The molecule has 2 N–H and O–H groups in total. The Balaban J connectivity index is 2.01. The van der Waals surface area contributed by atoms with Gasteiger partial charge in [-0.05, 0) is 12.8 Å². The Bertz CT molecular complexity index is 372. The quantitative estimate of drug-likeness (QED) is 0.500. The van der Waals surface area contributed by atoms with Gasteiger partial charge in [-0.25, -0.2) is 4.79 Å². The van der Waals surface area contributed by atoms with Gasteiger partial charge in [0.25, 0.3) is 0 Å². The van der Waals surface area contributed by atoms with Crippen molar-refractivity contribution in [3.8, 4) is 0 Å². The van der Waals surface area contributed by atoms with E-state index in [2.05, 4.69) is 6.92 Å². The lowest BCUT2D eigenvalue weighted by Gasteiger charge is -2.22. The molecule has 0 spiro atoms. The van der Waals surface area contributed by atoms with Gasteiger partial charge in [-0.1, -0.05) is 71.1 Å². The lowest BCUT2D eigenvalue weighted by atomic mass is 10.0. The smallest absolute Gasteiger partial charge is 0.329 e. The van der Waals surface area contributed by atoms with Gasteiger partial charge in [-0.3, -0.25) is 4.79 Å². The molecule has 0 aromatic rings. The maximum Gasteiger partial charge on any atom is 0.329 e. The monoisotopic (exact) mass is 341 g/mol. The lowest BCUT2D eigenvalue weighted by molar-refractivity contribution is -0.151. The van der Waals surface area contributed by atoms with E-state index in [0.29, 0.717) is 19.4 Å². The molecule has 1 saturated heterocycles. The first-order valence-corrected chi connectivity index (χ1v) is 9.78. The van der Waals surface area contributed by atoms with E-state index in [1.165, 1.54) is 56.3 Å². The number of carbonyl (C=O) groups is 2.